The fourth-order valence-corrected chi connectivity index (χ4v) is 5.09. The second-order valence-electron chi connectivity index (χ2n) is 8.84. The van der Waals surface area contributed by atoms with Gasteiger partial charge in [0.05, 0.1) is 17.3 Å². The number of pyridine rings is 1. The topological polar surface area (TPSA) is 62.1 Å². The fourth-order valence-electron chi connectivity index (χ4n) is 5.09. The molecule has 0 fully saturated rings. The Morgan fingerprint density at radius 2 is 1.38 bits per heavy atom. The van der Waals surface area contributed by atoms with Crippen molar-refractivity contribution in [3.8, 4) is 28.7 Å². The normalized spacial score (nSPS) is 12.8. The molecule has 0 spiro atoms. The van der Waals surface area contributed by atoms with Gasteiger partial charge in [0.25, 0.3) is 0 Å². The van der Waals surface area contributed by atoms with Crippen LogP contribution in [0.2, 0.25) is 0 Å². The second kappa shape index (κ2) is 10.3. The van der Waals surface area contributed by atoms with Gasteiger partial charge in [-0.2, -0.15) is 18.2 Å². The van der Waals surface area contributed by atoms with E-state index in [-0.39, 0.29) is 21.1 Å². The van der Waals surface area contributed by atoms with Crippen LogP contribution in [0.25, 0.3) is 5.69 Å². The smallest absolute Gasteiger partial charge is 0.509 e. The number of nitrogens with zero attached hydrogens (tertiary/aromatic N) is 4. The van der Waals surface area contributed by atoms with Crippen molar-refractivity contribution in [1.82, 2.24) is 20.0 Å². The Labute approximate surface area is 240 Å². The molecule has 7 heteroatoms. The number of hydrogen-bond donors (Lipinski definition) is 0. The van der Waals surface area contributed by atoms with Crippen LogP contribution in [0, 0.1) is 12.1 Å². The van der Waals surface area contributed by atoms with E-state index in [9.17, 15) is 0 Å². The summed E-state index contributed by atoms with van der Waals surface area (Å²) >= 11 is 0. The number of ether oxygens (including phenoxy) is 2. The molecule has 39 heavy (non-hydrogen) atoms. The van der Waals surface area contributed by atoms with Crippen molar-refractivity contribution in [2.75, 3.05) is 0 Å². The van der Waals surface area contributed by atoms with E-state index in [0.717, 1.165) is 39.6 Å². The Bertz CT molecular complexity index is 1690. The number of rotatable bonds is 5. The summed E-state index contributed by atoms with van der Waals surface area (Å²) in [6.07, 6.45) is 5.21. The summed E-state index contributed by atoms with van der Waals surface area (Å²) < 4.78 is 14.3. The molecule has 0 aliphatic carbocycles. The van der Waals surface area contributed by atoms with Gasteiger partial charge in [-0.05, 0) is 30.0 Å². The number of fused-ring (bicyclic) bond motifs is 2. The van der Waals surface area contributed by atoms with Crippen molar-refractivity contribution in [3.63, 3.8) is 0 Å². The number of aromatic nitrogens is 4. The molecule has 4 aromatic carbocycles. The quantitative estimate of drug-likeness (QED) is 0.193. The molecule has 0 unspecified atom stereocenters. The maximum atomic E-state index is 6.36. The van der Waals surface area contributed by atoms with Crippen LogP contribution in [0.4, 0.5) is 0 Å². The van der Waals surface area contributed by atoms with Gasteiger partial charge in [-0.3, -0.25) is 4.98 Å². The Morgan fingerprint density at radius 1 is 0.692 bits per heavy atom. The summed E-state index contributed by atoms with van der Waals surface area (Å²) in [4.78, 5) is 4.86. The largest absolute Gasteiger partial charge is 2.00 e. The van der Waals surface area contributed by atoms with Crippen LogP contribution in [0.5, 0.6) is 23.0 Å². The van der Waals surface area contributed by atoms with Crippen molar-refractivity contribution in [2.24, 2.45) is 0 Å². The molecule has 0 amide bonds. The Kier molecular flexibility index (Phi) is 6.55. The van der Waals surface area contributed by atoms with Crippen molar-refractivity contribution in [3.05, 3.63) is 156 Å². The summed E-state index contributed by atoms with van der Waals surface area (Å²) in [7, 11) is 0. The Balaban J connectivity index is 0.00000277. The molecule has 0 bridgehead atoms. The molecule has 0 saturated carbocycles. The van der Waals surface area contributed by atoms with Gasteiger partial charge in [0.1, 0.15) is 11.5 Å². The van der Waals surface area contributed by atoms with Crippen LogP contribution >= 0.6 is 0 Å². The molecule has 6 aromatic rings. The first kappa shape index (κ1) is 24.8. The van der Waals surface area contributed by atoms with E-state index in [0.29, 0.717) is 11.5 Å². The molecule has 1 aliphatic heterocycles. The molecule has 1 aliphatic rings. The van der Waals surface area contributed by atoms with Crippen molar-refractivity contribution in [1.29, 1.82) is 0 Å². The van der Waals surface area contributed by atoms with E-state index >= 15 is 0 Å². The van der Waals surface area contributed by atoms with Crippen molar-refractivity contribution < 1.29 is 30.5 Å². The predicted molar refractivity (Wildman–Crippen MR) is 142 cm³/mol. The standard InChI is InChI=1S/C32H20N4O2.Pt/c1-3-15-29-27(13-1)32(31-17-5-6-18-33-31,28-14-2-4-16-30(28)38-29)23-9-7-11-25(21-23)37-26-12-8-10-24(22-26)36-20-19-34-35-36;/h1-20H;/q-2;+2. The van der Waals surface area contributed by atoms with Crippen LogP contribution in [0.15, 0.2) is 122 Å². The molecular formula is C32H20N4O2Pt. The molecule has 0 radical (unpaired) electrons. The number of para-hydroxylation sites is 2. The molecule has 0 atom stereocenters. The molecule has 7 rings (SSSR count). The zero-order chi connectivity index (χ0) is 25.4. The van der Waals surface area contributed by atoms with E-state index in [2.05, 4.69) is 46.7 Å². The number of hydrogen-bond acceptors (Lipinski definition) is 5. The first-order chi connectivity index (χ1) is 18.8. The Morgan fingerprint density at radius 3 is 2.08 bits per heavy atom. The molecule has 3 heterocycles. The van der Waals surface area contributed by atoms with Crippen molar-refractivity contribution in [2.45, 2.75) is 5.41 Å². The summed E-state index contributed by atoms with van der Waals surface area (Å²) in [6, 6.07) is 40.6. The van der Waals surface area contributed by atoms with E-state index in [1.54, 1.807) is 17.1 Å². The van der Waals surface area contributed by atoms with Crippen LogP contribution in [-0.4, -0.2) is 20.0 Å². The van der Waals surface area contributed by atoms with Gasteiger partial charge in [0.2, 0.25) is 0 Å². The SMILES string of the molecule is [Pt+2].[c-]1c(Oc2[c-]c(C3(c4ccccn4)c4ccccc4Oc4ccccc43)ccc2)cccc1-n1ccnn1. The maximum Gasteiger partial charge on any atom is 2.00 e. The third-order valence-corrected chi connectivity index (χ3v) is 6.67. The van der Waals surface area contributed by atoms with Crippen LogP contribution < -0.4 is 9.47 Å². The van der Waals surface area contributed by atoms with E-state index in [4.69, 9.17) is 14.5 Å². The predicted octanol–water partition coefficient (Wildman–Crippen LogP) is 6.54. The first-order valence-electron chi connectivity index (χ1n) is 12.2. The van der Waals surface area contributed by atoms with Gasteiger partial charge in [0.15, 0.2) is 0 Å². The van der Waals surface area contributed by atoms with Gasteiger partial charge < -0.3 is 9.47 Å². The molecule has 190 valence electrons. The summed E-state index contributed by atoms with van der Waals surface area (Å²) in [5, 5.41) is 7.93. The average molecular weight is 688 g/mol. The van der Waals surface area contributed by atoms with E-state index in [1.165, 1.54) is 0 Å². The third kappa shape index (κ3) is 4.23. The molecular weight excluding hydrogens is 667 g/mol. The summed E-state index contributed by atoms with van der Waals surface area (Å²) in [5.74, 6) is 2.67. The van der Waals surface area contributed by atoms with Gasteiger partial charge in [-0.25, -0.2) is 4.68 Å². The minimum Gasteiger partial charge on any atom is -0.509 e. The zero-order valence-electron chi connectivity index (χ0n) is 20.5. The van der Waals surface area contributed by atoms with Crippen LogP contribution in [0.1, 0.15) is 22.4 Å². The minimum absolute atomic E-state index is 0. The second-order valence-corrected chi connectivity index (χ2v) is 8.84. The molecule has 2 aromatic heterocycles. The van der Waals surface area contributed by atoms with Crippen LogP contribution in [-0.2, 0) is 26.5 Å². The van der Waals surface area contributed by atoms with Crippen molar-refractivity contribution >= 4 is 0 Å². The summed E-state index contributed by atoms with van der Waals surface area (Å²) in [6.45, 7) is 0. The molecule has 6 nitrogen and oxygen atoms in total. The fraction of sp³-hybridized carbons (Fsp3) is 0.0312. The monoisotopic (exact) mass is 687 g/mol. The zero-order valence-corrected chi connectivity index (χ0v) is 22.7. The maximum absolute atomic E-state index is 6.36. The number of benzene rings is 4. The average Bonchev–Trinajstić information content (AvgIpc) is 3.52. The van der Waals surface area contributed by atoms with Gasteiger partial charge >= 0.3 is 21.1 Å². The van der Waals surface area contributed by atoms with E-state index in [1.807, 2.05) is 85.1 Å². The van der Waals surface area contributed by atoms with Gasteiger partial charge in [-0.1, -0.05) is 47.7 Å². The Hall–Kier alpha value is -4.54. The van der Waals surface area contributed by atoms with Crippen LogP contribution in [0.3, 0.4) is 0 Å². The summed E-state index contributed by atoms with van der Waals surface area (Å²) in [5.41, 5.74) is 3.71. The van der Waals surface area contributed by atoms with E-state index < -0.39 is 5.41 Å². The molecule has 0 saturated heterocycles. The first-order valence-corrected chi connectivity index (χ1v) is 12.2. The van der Waals surface area contributed by atoms with Gasteiger partial charge in [-0.15, -0.1) is 41.0 Å². The molecule has 0 N–H and O–H groups in total. The third-order valence-electron chi connectivity index (χ3n) is 6.67. The minimum atomic E-state index is -0.766. The van der Waals surface area contributed by atoms with Gasteiger partial charge in [0, 0.05) is 35.0 Å².